The average molecular weight is 330 g/mol. The zero-order chi connectivity index (χ0) is 17.4. The Morgan fingerprint density at radius 3 is 2.75 bits per heavy atom. The first-order valence-electron chi connectivity index (χ1n) is 7.90. The number of hydrogen-bond acceptors (Lipinski definition) is 3. The summed E-state index contributed by atoms with van der Waals surface area (Å²) in [7, 11) is 3.52. The molecule has 0 unspecified atom stereocenters. The molecule has 0 atom stereocenters. The molecule has 0 aromatic heterocycles. The highest BCUT2D eigenvalue weighted by molar-refractivity contribution is 5.77. The molecule has 0 aliphatic rings. The lowest BCUT2D eigenvalue weighted by molar-refractivity contribution is -0.122. The summed E-state index contributed by atoms with van der Waals surface area (Å²) < 4.78 is 18.7. The predicted octanol–water partition coefficient (Wildman–Crippen LogP) is 2.63. The van der Waals surface area contributed by atoms with E-state index >= 15 is 0 Å². The Morgan fingerprint density at radius 1 is 1.21 bits per heavy atom. The molecule has 5 heteroatoms. The molecule has 0 aliphatic heterocycles. The van der Waals surface area contributed by atoms with Crippen LogP contribution in [-0.2, 0) is 17.8 Å². The Labute approximate surface area is 142 Å². The number of carbonyl (C=O) groups is 1. The summed E-state index contributed by atoms with van der Waals surface area (Å²) in [6, 6.07) is 14.4. The number of carbonyl (C=O) groups excluding carboxylic acids is 1. The first-order valence-corrected chi connectivity index (χ1v) is 7.90. The molecular formula is C19H23FN2O2. The minimum absolute atomic E-state index is 0.0725. The monoisotopic (exact) mass is 330 g/mol. The second-order valence-corrected chi connectivity index (χ2v) is 5.72. The molecule has 0 heterocycles. The van der Waals surface area contributed by atoms with E-state index in [1.807, 2.05) is 36.2 Å². The van der Waals surface area contributed by atoms with Crippen molar-refractivity contribution in [1.82, 2.24) is 10.2 Å². The zero-order valence-corrected chi connectivity index (χ0v) is 14.1. The first-order chi connectivity index (χ1) is 11.6. The summed E-state index contributed by atoms with van der Waals surface area (Å²) >= 11 is 0. The van der Waals surface area contributed by atoms with Crippen LogP contribution in [0.3, 0.4) is 0 Å². The fourth-order valence-electron chi connectivity index (χ4n) is 2.48. The van der Waals surface area contributed by atoms with E-state index in [2.05, 4.69) is 5.32 Å². The van der Waals surface area contributed by atoms with Gasteiger partial charge in [0.05, 0.1) is 13.7 Å². The van der Waals surface area contributed by atoms with Crippen LogP contribution in [0.4, 0.5) is 4.39 Å². The van der Waals surface area contributed by atoms with Crippen LogP contribution >= 0.6 is 0 Å². The van der Waals surface area contributed by atoms with Gasteiger partial charge in [0.25, 0.3) is 0 Å². The number of rotatable bonds is 8. The van der Waals surface area contributed by atoms with Gasteiger partial charge in [0.1, 0.15) is 11.6 Å². The number of amides is 1. The smallest absolute Gasteiger partial charge is 0.234 e. The van der Waals surface area contributed by atoms with Crippen molar-refractivity contribution in [1.29, 1.82) is 0 Å². The number of hydrogen-bond donors (Lipinski definition) is 1. The van der Waals surface area contributed by atoms with Crippen molar-refractivity contribution < 1.29 is 13.9 Å². The largest absolute Gasteiger partial charge is 0.497 e. The fraction of sp³-hybridized carbons (Fsp3) is 0.316. The van der Waals surface area contributed by atoms with Crippen LogP contribution in [0.25, 0.3) is 0 Å². The van der Waals surface area contributed by atoms with Gasteiger partial charge in [0.2, 0.25) is 5.91 Å². The van der Waals surface area contributed by atoms with E-state index in [1.165, 1.54) is 6.07 Å². The highest BCUT2D eigenvalue weighted by Crippen LogP contribution is 2.13. The summed E-state index contributed by atoms with van der Waals surface area (Å²) in [5.41, 5.74) is 1.69. The van der Waals surface area contributed by atoms with E-state index in [1.54, 1.807) is 25.3 Å². The van der Waals surface area contributed by atoms with E-state index in [0.717, 1.165) is 11.3 Å². The molecule has 1 amide bonds. The van der Waals surface area contributed by atoms with E-state index in [-0.39, 0.29) is 18.3 Å². The van der Waals surface area contributed by atoms with E-state index < -0.39 is 0 Å². The molecular weight excluding hydrogens is 307 g/mol. The molecule has 4 nitrogen and oxygen atoms in total. The number of likely N-dealkylation sites (N-methyl/N-ethyl adjacent to an activating group) is 1. The molecule has 1 N–H and O–H groups in total. The van der Waals surface area contributed by atoms with Crippen molar-refractivity contribution in [3.05, 3.63) is 65.5 Å². The predicted molar refractivity (Wildman–Crippen MR) is 92.4 cm³/mol. The molecule has 2 aromatic rings. The number of ether oxygens (including phenoxy) is 1. The normalized spacial score (nSPS) is 10.7. The minimum atomic E-state index is -0.234. The third-order valence-electron chi connectivity index (χ3n) is 3.67. The Bertz CT molecular complexity index is 676. The quantitative estimate of drug-likeness (QED) is 0.809. The molecule has 0 saturated heterocycles. The summed E-state index contributed by atoms with van der Waals surface area (Å²) in [6.07, 6.45) is 0.484. The SMILES string of the molecule is COc1cccc(CN(C)CC(=O)NCCc2ccccc2F)c1. The highest BCUT2D eigenvalue weighted by atomic mass is 19.1. The Kier molecular flexibility index (Phi) is 6.75. The van der Waals surface area contributed by atoms with Gasteiger partial charge in [0, 0.05) is 13.1 Å². The number of benzene rings is 2. The van der Waals surface area contributed by atoms with Crippen LogP contribution in [-0.4, -0.2) is 38.1 Å². The van der Waals surface area contributed by atoms with Crippen LogP contribution in [0.1, 0.15) is 11.1 Å². The van der Waals surface area contributed by atoms with Gasteiger partial charge >= 0.3 is 0 Å². The van der Waals surface area contributed by atoms with Gasteiger partial charge in [-0.05, 0) is 42.8 Å². The van der Waals surface area contributed by atoms with Crippen molar-refractivity contribution in [3.8, 4) is 5.75 Å². The second kappa shape index (κ2) is 9.03. The summed E-state index contributed by atoms with van der Waals surface area (Å²) in [4.78, 5) is 13.9. The van der Waals surface area contributed by atoms with Gasteiger partial charge in [-0.3, -0.25) is 9.69 Å². The van der Waals surface area contributed by atoms with Crippen molar-refractivity contribution in [2.45, 2.75) is 13.0 Å². The summed E-state index contributed by atoms with van der Waals surface area (Å²) in [5.74, 6) is 0.494. The van der Waals surface area contributed by atoms with Gasteiger partial charge in [-0.25, -0.2) is 4.39 Å². The van der Waals surface area contributed by atoms with Crippen molar-refractivity contribution in [2.75, 3.05) is 27.2 Å². The van der Waals surface area contributed by atoms with Crippen molar-refractivity contribution in [2.24, 2.45) is 0 Å². The number of methoxy groups -OCH3 is 1. The van der Waals surface area contributed by atoms with Gasteiger partial charge in [-0.1, -0.05) is 30.3 Å². The second-order valence-electron chi connectivity index (χ2n) is 5.72. The molecule has 24 heavy (non-hydrogen) atoms. The number of halogens is 1. The molecule has 128 valence electrons. The maximum atomic E-state index is 13.5. The summed E-state index contributed by atoms with van der Waals surface area (Å²) in [6.45, 7) is 1.36. The van der Waals surface area contributed by atoms with E-state index in [0.29, 0.717) is 25.1 Å². The molecule has 2 rings (SSSR count). The van der Waals surface area contributed by atoms with Crippen molar-refractivity contribution in [3.63, 3.8) is 0 Å². The first kappa shape index (κ1) is 17.9. The van der Waals surface area contributed by atoms with Crippen molar-refractivity contribution >= 4 is 5.91 Å². The third-order valence-corrected chi connectivity index (χ3v) is 3.67. The minimum Gasteiger partial charge on any atom is -0.497 e. The lowest BCUT2D eigenvalue weighted by Gasteiger charge is -2.17. The molecule has 0 fully saturated rings. The van der Waals surface area contributed by atoms with Gasteiger partial charge < -0.3 is 10.1 Å². The van der Waals surface area contributed by atoms with Gasteiger partial charge in [0.15, 0.2) is 0 Å². The molecule has 2 aromatic carbocycles. The average Bonchev–Trinajstić information content (AvgIpc) is 2.56. The number of nitrogens with zero attached hydrogens (tertiary/aromatic N) is 1. The molecule has 0 bridgehead atoms. The topological polar surface area (TPSA) is 41.6 Å². The van der Waals surface area contributed by atoms with Crippen LogP contribution in [0, 0.1) is 5.82 Å². The Morgan fingerprint density at radius 2 is 2.00 bits per heavy atom. The van der Waals surface area contributed by atoms with E-state index in [9.17, 15) is 9.18 Å². The lowest BCUT2D eigenvalue weighted by atomic mass is 10.1. The number of nitrogens with one attached hydrogen (secondary N) is 1. The third kappa shape index (κ3) is 5.66. The maximum Gasteiger partial charge on any atom is 0.234 e. The van der Waals surface area contributed by atoms with Crippen LogP contribution in [0.5, 0.6) is 5.75 Å². The van der Waals surface area contributed by atoms with Crippen LogP contribution < -0.4 is 10.1 Å². The fourth-order valence-corrected chi connectivity index (χ4v) is 2.48. The van der Waals surface area contributed by atoms with Crippen LogP contribution in [0.2, 0.25) is 0 Å². The van der Waals surface area contributed by atoms with Gasteiger partial charge in [-0.15, -0.1) is 0 Å². The summed E-state index contributed by atoms with van der Waals surface area (Å²) in [5, 5.41) is 2.83. The molecule has 0 radical (unpaired) electrons. The van der Waals surface area contributed by atoms with E-state index in [4.69, 9.17) is 4.74 Å². The Hall–Kier alpha value is -2.40. The maximum absolute atomic E-state index is 13.5. The lowest BCUT2D eigenvalue weighted by Crippen LogP contribution is -2.35. The standard InChI is InChI=1S/C19H23FN2O2/c1-22(13-15-6-5-8-17(12-15)24-2)14-19(23)21-11-10-16-7-3-4-9-18(16)20/h3-9,12H,10-11,13-14H2,1-2H3,(H,21,23). The zero-order valence-electron chi connectivity index (χ0n) is 14.1. The van der Waals surface area contributed by atoms with Crippen LogP contribution in [0.15, 0.2) is 48.5 Å². The highest BCUT2D eigenvalue weighted by Gasteiger charge is 2.08. The Balaban J connectivity index is 1.74. The van der Waals surface area contributed by atoms with Gasteiger partial charge in [-0.2, -0.15) is 0 Å². The molecule has 0 saturated carbocycles. The molecule has 0 aliphatic carbocycles. The molecule has 0 spiro atoms.